The van der Waals surface area contributed by atoms with Crippen LogP contribution in [0.25, 0.3) is 94.3 Å². The predicted molar refractivity (Wildman–Crippen MR) is 214 cm³/mol. The number of pyridine rings is 3. The third kappa shape index (κ3) is 4.06. The standard InChI is InChI=1S/C48H32N4/c1-48(2)39-21-20-29(42-27-31(40-16-7-9-22-49-40)28-43(51-42)41-17-8-10-23-50-41)24-36(39)35-15-11-14-32(46(35)48)30-25-37-33-12-3-5-18-44(33)52-45-19-6-4-13-34(45)38(26-30)47(37)52/h3-28H,1-2H3. The van der Waals surface area contributed by atoms with Gasteiger partial charge in [0.25, 0.3) is 0 Å². The van der Waals surface area contributed by atoms with Crippen molar-refractivity contribution in [1.29, 1.82) is 0 Å². The largest absolute Gasteiger partial charge is 0.308 e. The third-order valence-corrected chi connectivity index (χ3v) is 11.2. The Balaban J connectivity index is 1.11. The van der Waals surface area contributed by atoms with E-state index in [0.717, 1.165) is 33.9 Å². The molecule has 11 rings (SSSR count). The first-order valence-electron chi connectivity index (χ1n) is 17.9. The molecule has 0 saturated heterocycles. The zero-order valence-corrected chi connectivity index (χ0v) is 28.8. The second kappa shape index (κ2) is 10.7. The van der Waals surface area contributed by atoms with Crippen molar-refractivity contribution in [3.8, 4) is 56.2 Å². The van der Waals surface area contributed by atoms with Gasteiger partial charge in [0.05, 0.1) is 39.3 Å². The molecule has 0 N–H and O–H groups in total. The first-order chi connectivity index (χ1) is 25.5. The Kier molecular flexibility index (Phi) is 5.98. The Bertz CT molecular complexity index is 2890. The van der Waals surface area contributed by atoms with Gasteiger partial charge in [-0.2, -0.15) is 0 Å². The molecule has 0 spiro atoms. The van der Waals surface area contributed by atoms with E-state index in [4.69, 9.17) is 4.98 Å². The Morgan fingerprint density at radius 2 is 1.08 bits per heavy atom. The van der Waals surface area contributed by atoms with Crippen LogP contribution in [0.5, 0.6) is 0 Å². The molecule has 0 aliphatic heterocycles. The highest BCUT2D eigenvalue weighted by Gasteiger charge is 2.38. The molecule has 5 aromatic heterocycles. The maximum absolute atomic E-state index is 5.18. The molecule has 10 aromatic rings. The molecule has 0 radical (unpaired) electrons. The Morgan fingerprint density at radius 3 is 1.77 bits per heavy atom. The van der Waals surface area contributed by atoms with Gasteiger partial charge in [0, 0.05) is 50.5 Å². The maximum atomic E-state index is 5.18. The van der Waals surface area contributed by atoms with E-state index < -0.39 is 0 Å². The number of rotatable bonds is 4. The van der Waals surface area contributed by atoms with E-state index in [9.17, 15) is 0 Å². The molecule has 0 saturated carbocycles. The molecule has 4 heteroatoms. The lowest BCUT2D eigenvalue weighted by molar-refractivity contribution is 0.662. The van der Waals surface area contributed by atoms with E-state index >= 15 is 0 Å². The van der Waals surface area contributed by atoms with E-state index in [1.54, 1.807) is 0 Å². The van der Waals surface area contributed by atoms with Gasteiger partial charge in [-0.05, 0) is 100 Å². The quantitative estimate of drug-likeness (QED) is 0.188. The molecular weight excluding hydrogens is 633 g/mol. The van der Waals surface area contributed by atoms with Crippen LogP contribution in [0.1, 0.15) is 25.0 Å². The van der Waals surface area contributed by atoms with Gasteiger partial charge in [0.1, 0.15) is 0 Å². The monoisotopic (exact) mass is 664 g/mol. The highest BCUT2D eigenvalue weighted by Crippen LogP contribution is 2.54. The highest BCUT2D eigenvalue weighted by molar-refractivity contribution is 6.24. The Hall–Kier alpha value is -6.65. The molecule has 5 aromatic carbocycles. The minimum absolute atomic E-state index is 0.205. The minimum atomic E-state index is -0.205. The SMILES string of the molecule is CC1(C)c2ccc(-c3cc(-c4ccccn4)cc(-c4ccccn4)n3)cc2-c2cccc(-c3cc4c5ccccc5n5c6ccccc6c(c3)c45)c21. The second-order valence-corrected chi connectivity index (χ2v) is 14.5. The summed E-state index contributed by atoms with van der Waals surface area (Å²) in [5.41, 5.74) is 17.0. The van der Waals surface area contributed by atoms with Crippen LogP contribution in [0.2, 0.25) is 0 Å². The van der Waals surface area contributed by atoms with Crippen molar-refractivity contribution in [1.82, 2.24) is 19.4 Å². The van der Waals surface area contributed by atoms with Gasteiger partial charge >= 0.3 is 0 Å². The molecule has 0 fully saturated rings. The van der Waals surface area contributed by atoms with Crippen molar-refractivity contribution < 1.29 is 0 Å². The molecule has 0 atom stereocenters. The molecule has 0 unspecified atom stereocenters. The van der Waals surface area contributed by atoms with Crippen LogP contribution >= 0.6 is 0 Å². The van der Waals surface area contributed by atoms with Gasteiger partial charge in [0.15, 0.2) is 0 Å². The van der Waals surface area contributed by atoms with Gasteiger partial charge in [-0.15, -0.1) is 0 Å². The van der Waals surface area contributed by atoms with Crippen LogP contribution in [0.4, 0.5) is 0 Å². The second-order valence-electron chi connectivity index (χ2n) is 14.5. The molecule has 4 nitrogen and oxygen atoms in total. The number of hydrogen-bond acceptors (Lipinski definition) is 3. The average molecular weight is 665 g/mol. The van der Waals surface area contributed by atoms with Gasteiger partial charge in [-0.25, -0.2) is 4.98 Å². The lowest BCUT2D eigenvalue weighted by Gasteiger charge is -2.24. The maximum Gasteiger partial charge on any atom is 0.0900 e. The van der Waals surface area contributed by atoms with Crippen molar-refractivity contribution in [2.24, 2.45) is 0 Å². The number of nitrogens with zero attached hydrogens (tertiary/aromatic N) is 4. The van der Waals surface area contributed by atoms with Crippen LogP contribution in [-0.4, -0.2) is 19.4 Å². The van der Waals surface area contributed by atoms with Crippen LogP contribution in [0.3, 0.4) is 0 Å². The molecule has 0 bridgehead atoms. The summed E-state index contributed by atoms with van der Waals surface area (Å²) in [5, 5.41) is 5.19. The van der Waals surface area contributed by atoms with Crippen molar-refractivity contribution >= 4 is 38.1 Å². The van der Waals surface area contributed by atoms with E-state index in [1.165, 1.54) is 71.5 Å². The van der Waals surface area contributed by atoms with Crippen LogP contribution in [0.15, 0.2) is 158 Å². The minimum Gasteiger partial charge on any atom is -0.308 e. The smallest absolute Gasteiger partial charge is 0.0900 e. The molecule has 0 amide bonds. The lowest BCUT2D eigenvalue weighted by Crippen LogP contribution is -2.16. The van der Waals surface area contributed by atoms with Gasteiger partial charge in [0.2, 0.25) is 0 Å². The van der Waals surface area contributed by atoms with Gasteiger partial charge in [-0.3, -0.25) is 9.97 Å². The highest BCUT2D eigenvalue weighted by atomic mass is 14.9. The normalized spacial score (nSPS) is 13.3. The molecule has 244 valence electrons. The van der Waals surface area contributed by atoms with E-state index in [-0.39, 0.29) is 5.41 Å². The molecule has 52 heavy (non-hydrogen) atoms. The van der Waals surface area contributed by atoms with Crippen molar-refractivity contribution in [3.63, 3.8) is 0 Å². The summed E-state index contributed by atoms with van der Waals surface area (Å²) in [6.07, 6.45) is 3.65. The van der Waals surface area contributed by atoms with E-state index in [2.05, 4.69) is 137 Å². The van der Waals surface area contributed by atoms with Crippen LogP contribution in [0, 0.1) is 0 Å². The summed E-state index contributed by atoms with van der Waals surface area (Å²) in [7, 11) is 0. The Labute approximate surface area is 301 Å². The number of para-hydroxylation sites is 2. The summed E-state index contributed by atoms with van der Waals surface area (Å²) in [6, 6.07) is 52.4. The summed E-state index contributed by atoms with van der Waals surface area (Å²) in [6.45, 7) is 4.75. The Morgan fingerprint density at radius 1 is 0.442 bits per heavy atom. The van der Waals surface area contributed by atoms with E-state index in [1.807, 2.05) is 48.8 Å². The number of aromatic nitrogens is 4. The third-order valence-electron chi connectivity index (χ3n) is 11.2. The summed E-state index contributed by atoms with van der Waals surface area (Å²) in [4.78, 5) is 14.5. The first kappa shape index (κ1) is 29.1. The molecule has 1 aliphatic carbocycles. The number of hydrogen-bond donors (Lipinski definition) is 0. The number of fused-ring (bicyclic) bond motifs is 9. The summed E-state index contributed by atoms with van der Waals surface area (Å²) in [5.74, 6) is 0. The fraction of sp³-hybridized carbons (Fsp3) is 0.0625. The zero-order valence-electron chi connectivity index (χ0n) is 28.8. The molecule has 5 heterocycles. The molecule has 1 aliphatic rings. The van der Waals surface area contributed by atoms with Crippen molar-refractivity contribution in [3.05, 3.63) is 169 Å². The van der Waals surface area contributed by atoms with E-state index in [0.29, 0.717) is 0 Å². The molecular formula is C48H32N4. The topological polar surface area (TPSA) is 43.1 Å². The number of benzene rings is 5. The van der Waals surface area contributed by atoms with Crippen LogP contribution < -0.4 is 0 Å². The van der Waals surface area contributed by atoms with Crippen molar-refractivity contribution in [2.45, 2.75) is 19.3 Å². The first-order valence-corrected chi connectivity index (χ1v) is 17.9. The fourth-order valence-corrected chi connectivity index (χ4v) is 8.91. The van der Waals surface area contributed by atoms with Crippen LogP contribution in [-0.2, 0) is 5.41 Å². The predicted octanol–water partition coefficient (Wildman–Crippen LogP) is 12.0. The van der Waals surface area contributed by atoms with Gasteiger partial charge in [-0.1, -0.05) is 92.7 Å². The average Bonchev–Trinajstić information content (AvgIpc) is 3.80. The summed E-state index contributed by atoms with van der Waals surface area (Å²) < 4.78 is 2.45. The van der Waals surface area contributed by atoms with Crippen molar-refractivity contribution in [2.75, 3.05) is 0 Å². The zero-order chi connectivity index (χ0) is 34.6. The van der Waals surface area contributed by atoms with Gasteiger partial charge < -0.3 is 4.40 Å². The summed E-state index contributed by atoms with van der Waals surface area (Å²) >= 11 is 0. The fourth-order valence-electron chi connectivity index (χ4n) is 8.91. The lowest BCUT2D eigenvalue weighted by atomic mass is 9.78.